The number of hydrogen-bond acceptors (Lipinski definition) is 4. The van der Waals surface area contributed by atoms with E-state index in [2.05, 4.69) is 27.7 Å². The topological polar surface area (TPSA) is 48.4 Å². The molecule has 0 unspecified atom stereocenters. The molecule has 0 amide bonds. The van der Waals surface area contributed by atoms with Crippen molar-refractivity contribution in [2.75, 3.05) is 6.61 Å². The van der Waals surface area contributed by atoms with Gasteiger partial charge >= 0.3 is 5.97 Å². The van der Waals surface area contributed by atoms with Crippen LogP contribution in [0.5, 0.6) is 5.75 Å². The number of esters is 1. The zero-order valence-corrected chi connectivity index (χ0v) is 21.1. The second-order valence-corrected chi connectivity index (χ2v) is 8.85. The van der Waals surface area contributed by atoms with Crippen LogP contribution in [-0.2, 0) is 11.3 Å². The number of carbonyl (C=O) groups is 1. The molecule has 0 fully saturated rings. The van der Waals surface area contributed by atoms with Crippen LogP contribution in [0.15, 0.2) is 60.7 Å². The van der Waals surface area contributed by atoms with Gasteiger partial charge in [-0.3, -0.25) is 4.98 Å². The Morgan fingerprint density at radius 1 is 0.941 bits per heavy atom. The van der Waals surface area contributed by atoms with Gasteiger partial charge in [0.25, 0.3) is 0 Å². The number of benzene rings is 2. The third kappa shape index (κ3) is 5.56. The molecule has 0 saturated heterocycles. The highest BCUT2D eigenvalue weighted by atomic mass is 16.5. The molecule has 1 heterocycles. The summed E-state index contributed by atoms with van der Waals surface area (Å²) < 4.78 is 11.8. The quantitative estimate of drug-likeness (QED) is 0.308. The third-order valence-electron chi connectivity index (χ3n) is 5.59. The van der Waals surface area contributed by atoms with Crippen LogP contribution in [0.25, 0.3) is 17.2 Å². The van der Waals surface area contributed by atoms with Crippen molar-refractivity contribution < 1.29 is 14.3 Å². The number of rotatable bonds is 9. The van der Waals surface area contributed by atoms with Crippen molar-refractivity contribution in [3.63, 3.8) is 0 Å². The number of pyridine rings is 1. The molecular weight excluding hydrogens is 422 g/mol. The number of aromatic nitrogens is 1. The summed E-state index contributed by atoms with van der Waals surface area (Å²) in [6, 6.07) is 18.0. The van der Waals surface area contributed by atoms with Gasteiger partial charge in [-0.25, -0.2) is 4.79 Å². The van der Waals surface area contributed by atoms with Gasteiger partial charge in [0.15, 0.2) is 0 Å². The van der Waals surface area contributed by atoms with E-state index < -0.39 is 0 Å². The Morgan fingerprint density at radius 2 is 1.59 bits per heavy atom. The first kappa shape index (κ1) is 25.2. The van der Waals surface area contributed by atoms with E-state index in [-0.39, 0.29) is 17.8 Å². The maximum absolute atomic E-state index is 13.4. The first-order valence-corrected chi connectivity index (χ1v) is 12.0. The minimum atomic E-state index is -0.354. The standard InChI is InChI=1S/C30H35NO3/c1-7-14-24-26(23-17-12-13-18-25(23)34-19-22-15-10-9-11-16-22)27(30(32)33-8-2)29(21(5)6)31-28(24)20(3)4/h7,9-18,20-21H,8,19H2,1-6H3. The smallest absolute Gasteiger partial charge is 0.340 e. The van der Waals surface area contributed by atoms with Gasteiger partial charge in [-0.15, -0.1) is 0 Å². The lowest BCUT2D eigenvalue weighted by Crippen LogP contribution is -2.17. The molecule has 0 aliphatic carbocycles. The van der Waals surface area contributed by atoms with Crippen molar-refractivity contribution in [3.8, 4) is 16.9 Å². The Hall–Kier alpha value is -3.40. The minimum Gasteiger partial charge on any atom is -0.488 e. The lowest BCUT2D eigenvalue weighted by atomic mass is 9.86. The van der Waals surface area contributed by atoms with E-state index in [0.29, 0.717) is 18.8 Å². The summed E-state index contributed by atoms with van der Waals surface area (Å²) in [5, 5.41) is 0. The van der Waals surface area contributed by atoms with Crippen LogP contribution >= 0.6 is 0 Å². The van der Waals surface area contributed by atoms with Crippen molar-refractivity contribution in [3.05, 3.63) is 88.8 Å². The third-order valence-corrected chi connectivity index (χ3v) is 5.59. The highest BCUT2D eigenvalue weighted by Crippen LogP contribution is 2.41. The fourth-order valence-electron chi connectivity index (χ4n) is 4.05. The van der Waals surface area contributed by atoms with E-state index in [9.17, 15) is 4.79 Å². The number of allylic oxidation sites excluding steroid dienone is 1. The molecule has 0 aliphatic rings. The van der Waals surface area contributed by atoms with Gasteiger partial charge in [0.1, 0.15) is 12.4 Å². The SMILES string of the molecule is CC=Cc1c(C(C)C)nc(C(C)C)c(C(=O)OCC)c1-c1ccccc1OCc1ccccc1. The number of nitrogens with zero attached hydrogens (tertiary/aromatic N) is 1. The molecule has 3 rings (SSSR count). The predicted molar refractivity (Wildman–Crippen MR) is 139 cm³/mol. The maximum Gasteiger partial charge on any atom is 0.340 e. The van der Waals surface area contributed by atoms with Crippen LogP contribution in [0.1, 0.15) is 86.3 Å². The lowest BCUT2D eigenvalue weighted by molar-refractivity contribution is 0.0525. The van der Waals surface area contributed by atoms with E-state index in [4.69, 9.17) is 14.5 Å². The van der Waals surface area contributed by atoms with E-state index >= 15 is 0 Å². The van der Waals surface area contributed by atoms with Gasteiger partial charge in [0.2, 0.25) is 0 Å². The van der Waals surface area contributed by atoms with Gasteiger partial charge in [0, 0.05) is 16.7 Å². The Labute approximate surface area is 203 Å². The largest absolute Gasteiger partial charge is 0.488 e. The summed E-state index contributed by atoms with van der Waals surface area (Å²) in [7, 11) is 0. The number of para-hydroxylation sites is 1. The van der Waals surface area contributed by atoms with Gasteiger partial charge in [-0.2, -0.15) is 0 Å². The van der Waals surface area contributed by atoms with Crippen LogP contribution in [0, 0.1) is 0 Å². The van der Waals surface area contributed by atoms with Crippen molar-refractivity contribution in [1.29, 1.82) is 0 Å². The maximum atomic E-state index is 13.4. The van der Waals surface area contributed by atoms with Gasteiger partial charge < -0.3 is 9.47 Å². The fraction of sp³-hybridized carbons (Fsp3) is 0.333. The Morgan fingerprint density at radius 3 is 2.21 bits per heavy atom. The van der Waals surface area contributed by atoms with Crippen molar-refractivity contribution in [2.45, 2.75) is 60.0 Å². The highest BCUT2D eigenvalue weighted by molar-refractivity contribution is 6.02. The lowest BCUT2D eigenvalue weighted by Gasteiger charge is -2.24. The average molecular weight is 458 g/mol. The van der Waals surface area contributed by atoms with Crippen molar-refractivity contribution in [2.24, 2.45) is 0 Å². The number of ether oxygens (including phenoxy) is 2. The predicted octanol–water partition coefficient (Wildman–Crippen LogP) is 7.78. The first-order valence-electron chi connectivity index (χ1n) is 12.0. The normalized spacial score (nSPS) is 11.4. The molecule has 0 saturated carbocycles. The summed E-state index contributed by atoms with van der Waals surface area (Å²) in [6.45, 7) is 12.9. The first-order chi connectivity index (χ1) is 16.4. The molecule has 0 spiro atoms. The van der Waals surface area contributed by atoms with Crippen LogP contribution in [-0.4, -0.2) is 17.6 Å². The Kier molecular flexibility index (Phi) is 8.64. The molecule has 4 nitrogen and oxygen atoms in total. The van der Waals surface area contributed by atoms with E-state index in [1.165, 1.54) is 0 Å². The zero-order valence-electron chi connectivity index (χ0n) is 21.1. The monoisotopic (exact) mass is 457 g/mol. The number of hydrogen-bond donors (Lipinski definition) is 0. The summed E-state index contributed by atoms with van der Waals surface area (Å²) in [6.07, 6.45) is 4.03. The van der Waals surface area contributed by atoms with Gasteiger partial charge in [-0.05, 0) is 37.3 Å². The summed E-state index contributed by atoms with van der Waals surface area (Å²) in [5.41, 5.74) is 5.93. The highest BCUT2D eigenvalue weighted by Gasteiger charge is 2.29. The summed E-state index contributed by atoms with van der Waals surface area (Å²) in [4.78, 5) is 18.4. The molecule has 3 aromatic rings. The zero-order chi connectivity index (χ0) is 24.7. The molecule has 0 bridgehead atoms. The molecule has 0 aliphatic heterocycles. The van der Waals surface area contributed by atoms with Crippen LogP contribution in [0.2, 0.25) is 0 Å². The average Bonchev–Trinajstić information content (AvgIpc) is 2.83. The van der Waals surface area contributed by atoms with Gasteiger partial charge in [-0.1, -0.05) is 88.4 Å². The van der Waals surface area contributed by atoms with Crippen molar-refractivity contribution in [1.82, 2.24) is 4.98 Å². The Bertz CT molecular complexity index is 1150. The van der Waals surface area contributed by atoms with Crippen LogP contribution in [0.4, 0.5) is 0 Å². The molecular formula is C30H35NO3. The van der Waals surface area contributed by atoms with E-state index in [1.807, 2.05) is 80.6 Å². The van der Waals surface area contributed by atoms with Gasteiger partial charge in [0.05, 0.1) is 23.6 Å². The summed E-state index contributed by atoms with van der Waals surface area (Å²) >= 11 is 0. The molecule has 1 aromatic heterocycles. The molecule has 2 aromatic carbocycles. The molecule has 0 atom stereocenters. The van der Waals surface area contributed by atoms with Crippen LogP contribution in [0.3, 0.4) is 0 Å². The summed E-state index contributed by atoms with van der Waals surface area (Å²) in [5.74, 6) is 0.592. The minimum absolute atomic E-state index is 0.0488. The molecule has 0 radical (unpaired) electrons. The second kappa shape index (κ2) is 11.6. The van der Waals surface area contributed by atoms with E-state index in [1.54, 1.807) is 0 Å². The number of carbonyl (C=O) groups excluding carboxylic acids is 1. The Balaban J connectivity index is 2.32. The molecule has 4 heteroatoms. The molecule has 34 heavy (non-hydrogen) atoms. The fourth-order valence-corrected chi connectivity index (χ4v) is 4.05. The second-order valence-electron chi connectivity index (χ2n) is 8.85. The van der Waals surface area contributed by atoms with Crippen molar-refractivity contribution >= 4 is 12.0 Å². The van der Waals surface area contributed by atoms with Crippen LogP contribution < -0.4 is 4.74 Å². The molecule has 178 valence electrons. The molecule has 0 N–H and O–H groups in total. The van der Waals surface area contributed by atoms with E-state index in [0.717, 1.165) is 39.4 Å².